The molecular formula is C9H11NO4. The van der Waals surface area contributed by atoms with Crippen molar-refractivity contribution in [2.75, 3.05) is 13.9 Å². The number of pyridine rings is 1. The Balaban J connectivity index is 2.96. The number of ether oxygens (including phenoxy) is 2. The topological polar surface area (TPSA) is 68.7 Å². The second kappa shape index (κ2) is 4.57. The first-order chi connectivity index (χ1) is 6.65. The van der Waals surface area contributed by atoms with E-state index >= 15 is 0 Å². The van der Waals surface area contributed by atoms with Crippen molar-refractivity contribution >= 4 is 5.97 Å². The number of nitrogens with zero attached hydrogens (tertiary/aromatic N) is 1. The molecule has 0 amide bonds. The Morgan fingerprint density at radius 3 is 2.86 bits per heavy atom. The molecule has 1 rings (SSSR count). The van der Waals surface area contributed by atoms with Crippen LogP contribution in [-0.2, 0) is 4.74 Å². The van der Waals surface area contributed by atoms with Gasteiger partial charge in [0.05, 0.1) is 0 Å². The van der Waals surface area contributed by atoms with Gasteiger partial charge < -0.3 is 14.6 Å². The molecule has 0 bridgehead atoms. The summed E-state index contributed by atoms with van der Waals surface area (Å²) in [4.78, 5) is 14.6. The first-order valence-electron chi connectivity index (χ1n) is 3.98. The number of rotatable bonds is 4. The number of aromatic carboxylic acids is 1. The minimum Gasteiger partial charge on any atom is -0.476 e. The Bertz CT molecular complexity index is 338. The molecule has 0 aliphatic heterocycles. The highest BCUT2D eigenvalue weighted by Gasteiger charge is 2.12. The fraction of sp³-hybridized carbons (Fsp3) is 0.333. The standard InChI is InChI=1S/C9H11NO4/c1-6-3-4-7(14-5-13-2)8(10-6)9(11)12/h3-4H,5H2,1-2H3,(H,11,12). The van der Waals surface area contributed by atoms with E-state index in [0.29, 0.717) is 5.69 Å². The maximum Gasteiger partial charge on any atom is 0.358 e. The van der Waals surface area contributed by atoms with Gasteiger partial charge in [0.25, 0.3) is 0 Å². The van der Waals surface area contributed by atoms with Crippen LogP contribution in [0.25, 0.3) is 0 Å². The zero-order valence-electron chi connectivity index (χ0n) is 7.98. The average Bonchev–Trinajstić information content (AvgIpc) is 2.15. The summed E-state index contributed by atoms with van der Waals surface area (Å²) in [5, 5.41) is 8.81. The summed E-state index contributed by atoms with van der Waals surface area (Å²) in [6.45, 7) is 1.72. The van der Waals surface area contributed by atoms with E-state index in [-0.39, 0.29) is 18.2 Å². The lowest BCUT2D eigenvalue weighted by molar-refractivity contribution is 0.0477. The van der Waals surface area contributed by atoms with Crippen molar-refractivity contribution in [1.82, 2.24) is 4.98 Å². The van der Waals surface area contributed by atoms with Gasteiger partial charge in [-0.15, -0.1) is 0 Å². The minimum absolute atomic E-state index is 0.00498. The quantitative estimate of drug-likeness (QED) is 0.731. The Morgan fingerprint density at radius 2 is 2.29 bits per heavy atom. The Kier molecular flexibility index (Phi) is 3.41. The molecule has 76 valence electrons. The first kappa shape index (κ1) is 10.5. The van der Waals surface area contributed by atoms with E-state index in [1.54, 1.807) is 19.1 Å². The van der Waals surface area contributed by atoms with Crippen LogP contribution in [-0.4, -0.2) is 30.0 Å². The summed E-state index contributed by atoms with van der Waals surface area (Å²) >= 11 is 0. The minimum atomic E-state index is -1.11. The van der Waals surface area contributed by atoms with Crippen molar-refractivity contribution in [3.8, 4) is 5.75 Å². The lowest BCUT2D eigenvalue weighted by Gasteiger charge is -2.07. The third-order valence-corrected chi connectivity index (χ3v) is 1.53. The van der Waals surface area contributed by atoms with E-state index in [1.165, 1.54) is 7.11 Å². The molecule has 1 heterocycles. The van der Waals surface area contributed by atoms with E-state index in [9.17, 15) is 4.79 Å². The monoisotopic (exact) mass is 197 g/mol. The van der Waals surface area contributed by atoms with Crippen LogP contribution in [0.15, 0.2) is 12.1 Å². The normalized spacial score (nSPS) is 9.86. The summed E-state index contributed by atoms with van der Waals surface area (Å²) in [7, 11) is 1.46. The smallest absolute Gasteiger partial charge is 0.358 e. The predicted molar refractivity (Wildman–Crippen MR) is 48.4 cm³/mol. The predicted octanol–water partition coefficient (Wildman–Crippen LogP) is 1.07. The summed E-state index contributed by atoms with van der Waals surface area (Å²) < 4.78 is 9.70. The summed E-state index contributed by atoms with van der Waals surface area (Å²) in [6.07, 6.45) is 0. The van der Waals surface area contributed by atoms with Crippen molar-refractivity contribution in [2.24, 2.45) is 0 Å². The molecule has 0 saturated carbocycles. The fourth-order valence-electron chi connectivity index (χ4n) is 0.936. The largest absolute Gasteiger partial charge is 0.476 e. The number of hydrogen-bond donors (Lipinski definition) is 1. The molecule has 0 atom stereocenters. The van der Waals surface area contributed by atoms with Crippen LogP contribution in [0.5, 0.6) is 5.75 Å². The van der Waals surface area contributed by atoms with Crippen LogP contribution in [0.4, 0.5) is 0 Å². The SMILES string of the molecule is COCOc1ccc(C)nc1C(=O)O. The summed E-state index contributed by atoms with van der Waals surface area (Å²) in [5.41, 5.74) is 0.536. The number of aromatic nitrogens is 1. The molecule has 0 fully saturated rings. The molecular weight excluding hydrogens is 186 g/mol. The van der Waals surface area contributed by atoms with Gasteiger partial charge in [-0.2, -0.15) is 0 Å². The molecule has 1 N–H and O–H groups in total. The lowest BCUT2D eigenvalue weighted by Crippen LogP contribution is -2.08. The van der Waals surface area contributed by atoms with E-state index in [4.69, 9.17) is 9.84 Å². The maximum atomic E-state index is 10.8. The first-order valence-corrected chi connectivity index (χ1v) is 3.98. The zero-order valence-corrected chi connectivity index (χ0v) is 7.98. The number of aryl methyl sites for hydroxylation is 1. The van der Waals surface area contributed by atoms with Crippen molar-refractivity contribution in [3.63, 3.8) is 0 Å². The van der Waals surface area contributed by atoms with Gasteiger partial charge in [0.1, 0.15) is 0 Å². The van der Waals surface area contributed by atoms with Gasteiger partial charge in [0.2, 0.25) is 0 Å². The molecule has 0 aromatic carbocycles. The molecule has 1 aromatic heterocycles. The Labute approximate surface area is 81.3 Å². The van der Waals surface area contributed by atoms with Crippen LogP contribution in [0, 0.1) is 6.92 Å². The van der Waals surface area contributed by atoms with Crippen molar-refractivity contribution < 1.29 is 19.4 Å². The third-order valence-electron chi connectivity index (χ3n) is 1.53. The molecule has 14 heavy (non-hydrogen) atoms. The number of hydrogen-bond acceptors (Lipinski definition) is 4. The number of methoxy groups -OCH3 is 1. The van der Waals surface area contributed by atoms with Crippen LogP contribution in [0.3, 0.4) is 0 Å². The van der Waals surface area contributed by atoms with Gasteiger partial charge >= 0.3 is 5.97 Å². The molecule has 0 aliphatic rings. The molecule has 0 spiro atoms. The van der Waals surface area contributed by atoms with Crippen molar-refractivity contribution in [1.29, 1.82) is 0 Å². The molecule has 0 radical (unpaired) electrons. The molecule has 5 nitrogen and oxygen atoms in total. The van der Waals surface area contributed by atoms with E-state index in [2.05, 4.69) is 9.72 Å². The second-order valence-electron chi connectivity index (χ2n) is 2.66. The van der Waals surface area contributed by atoms with E-state index in [0.717, 1.165) is 0 Å². The highest BCUT2D eigenvalue weighted by atomic mass is 16.7. The van der Waals surface area contributed by atoms with Gasteiger partial charge in [-0.25, -0.2) is 9.78 Å². The average molecular weight is 197 g/mol. The maximum absolute atomic E-state index is 10.8. The fourth-order valence-corrected chi connectivity index (χ4v) is 0.936. The molecule has 0 aliphatic carbocycles. The Hall–Kier alpha value is -1.62. The van der Waals surface area contributed by atoms with Crippen LogP contribution in [0.2, 0.25) is 0 Å². The van der Waals surface area contributed by atoms with Crippen LogP contribution >= 0.6 is 0 Å². The van der Waals surface area contributed by atoms with Gasteiger partial charge in [-0.05, 0) is 19.1 Å². The second-order valence-corrected chi connectivity index (χ2v) is 2.66. The number of carboxylic acid groups (broad SMARTS) is 1. The van der Waals surface area contributed by atoms with Crippen LogP contribution < -0.4 is 4.74 Å². The van der Waals surface area contributed by atoms with Crippen LogP contribution in [0.1, 0.15) is 16.2 Å². The van der Waals surface area contributed by atoms with Gasteiger partial charge in [-0.1, -0.05) is 0 Å². The Morgan fingerprint density at radius 1 is 1.57 bits per heavy atom. The van der Waals surface area contributed by atoms with Gasteiger partial charge in [-0.3, -0.25) is 0 Å². The van der Waals surface area contributed by atoms with Gasteiger partial charge in [0, 0.05) is 12.8 Å². The lowest BCUT2D eigenvalue weighted by atomic mass is 10.3. The zero-order chi connectivity index (χ0) is 10.6. The number of carbonyl (C=O) groups is 1. The van der Waals surface area contributed by atoms with E-state index in [1.807, 2.05) is 0 Å². The van der Waals surface area contributed by atoms with Crippen molar-refractivity contribution in [2.45, 2.75) is 6.92 Å². The summed E-state index contributed by atoms with van der Waals surface area (Å²) in [5.74, 6) is -0.898. The number of carboxylic acids is 1. The molecule has 0 saturated heterocycles. The summed E-state index contributed by atoms with van der Waals surface area (Å²) in [6, 6.07) is 3.24. The molecule has 0 unspecified atom stereocenters. The third kappa shape index (κ3) is 2.43. The van der Waals surface area contributed by atoms with E-state index < -0.39 is 5.97 Å². The highest BCUT2D eigenvalue weighted by Crippen LogP contribution is 2.16. The van der Waals surface area contributed by atoms with Crippen molar-refractivity contribution in [3.05, 3.63) is 23.5 Å². The highest BCUT2D eigenvalue weighted by molar-refractivity contribution is 5.88. The molecule has 5 heteroatoms. The molecule has 1 aromatic rings. The van der Waals surface area contributed by atoms with Gasteiger partial charge in [0.15, 0.2) is 18.2 Å².